The molecule has 0 spiro atoms. The fourth-order valence-corrected chi connectivity index (χ4v) is 11.8. The molecule has 0 aromatic rings. The van der Waals surface area contributed by atoms with Gasteiger partial charge < -0.3 is 63.2 Å². The molecule has 17 nitrogen and oxygen atoms in total. The minimum absolute atomic E-state index is 0.0396. The van der Waals surface area contributed by atoms with Gasteiger partial charge in [-0.05, 0) is 114 Å². The number of carbonyl (C=O) groups excluding carboxylic acids is 4. The number of aliphatic hydroxyl groups excluding tert-OH is 2. The molecule has 4 N–H and O–H groups in total. The molecule has 5 rings (SSSR count). The van der Waals surface area contributed by atoms with E-state index >= 15 is 0 Å². The largest absolute Gasteiger partial charge is 0.460 e. The highest BCUT2D eigenvalue weighted by Crippen LogP contribution is 2.42. The monoisotopic (exact) mass is 1020 g/mol. The molecule has 2 unspecified atom stereocenters. The summed E-state index contributed by atoms with van der Waals surface area (Å²) in [5.74, 6) is -9.86. The molecular formula is C55H89NO16. The lowest BCUT2D eigenvalue weighted by Crippen LogP contribution is -2.61. The fourth-order valence-electron chi connectivity index (χ4n) is 11.8. The van der Waals surface area contributed by atoms with E-state index in [9.17, 15) is 39.6 Å². The van der Waals surface area contributed by atoms with Crippen LogP contribution in [0.1, 0.15) is 132 Å². The van der Waals surface area contributed by atoms with Crippen molar-refractivity contribution in [2.45, 2.75) is 205 Å². The molecule has 1 saturated carbocycles. The lowest BCUT2D eigenvalue weighted by atomic mass is 9.78. The summed E-state index contributed by atoms with van der Waals surface area (Å²) in [4.78, 5) is 58.9. The Morgan fingerprint density at radius 2 is 1.56 bits per heavy atom. The first-order valence-corrected chi connectivity index (χ1v) is 26.7. The number of Topliss-reactive ketones (excluding diaryl/α,β-unsaturated/α-hetero) is 2. The summed E-state index contributed by atoms with van der Waals surface area (Å²) < 4.78 is 48.8. The molecule has 4 heterocycles. The number of amides is 1. The molecule has 18 atom stereocenters. The Bertz CT molecular complexity index is 1890. The third-order valence-corrected chi connectivity index (χ3v) is 16.4. The standard InChI is InChI=1S/C55H89NO16/c1-12-68-40-19-21-44-33(3)26-38(8)55(64,72-44)51(67-11)49(59)36(6)25-32(2)43(58)31-47(34(4)27-39-17-20-45(69-24-23-57)48(29-39)66-10)70-53(62)42-15-13-14-22-56(42)52(61)50(60)54(63)37(7)16-18-41(71-54)30-46(65-9)35(5)28-40/h19,21,25,28,32-34,37-42,44-49,51,57,59,63-64H,12-18,20,22-24,26-27,29-31H2,1-11H3/b21-19+,35-28+,36-25+/t32?,33-,34+,37+,38+,39-,40?,41-,42-,44+,45+,46-,47-,48+,49+,51-,54+,55+/m0/s1. The van der Waals surface area contributed by atoms with Gasteiger partial charge in [-0.1, -0.05) is 58.9 Å². The van der Waals surface area contributed by atoms with Crippen molar-refractivity contribution in [3.8, 4) is 0 Å². The molecule has 4 bridgehead atoms. The van der Waals surface area contributed by atoms with Gasteiger partial charge in [-0.2, -0.15) is 0 Å². The van der Waals surface area contributed by atoms with E-state index in [-0.39, 0.29) is 74.8 Å². The smallest absolute Gasteiger partial charge is 0.329 e. The van der Waals surface area contributed by atoms with Crippen LogP contribution in [0, 0.1) is 35.5 Å². The molecule has 0 aromatic heterocycles. The second kappa shape index (κ2) is 27.2. The Hall–Kier alpha value is -2.94. The molecule has 72 heavy (non-hydrogen) atoms. The molecule has 1 amide bonds. The summed E-state index contributed by atoms with van der Waals surface area (Å²) in [6, 6.07) is -1.16. The number of piperidine rings is 1. The first kappa shape index (κ1) is 59.9. The van der Waals surface area contributed by atoms with Crippen LogP contribution in [0.3, 0.4) is 0 Å². The zero-order chi connectivity index (χ0) is 53.1. The Morgan fingerprint density at radius 1 is 0.819 bits per heavy atom. The van der Waals surface area contributed by atoms with Crippen LogP contribution < -0.4 is 0 Å². The van der Waals surface area contributed by atoms with Gasteiger partial charge >= 0.3 is 5.97 Å². The van der Waals surface area contributed by atoms with Crippen LogP contribution in [0.4, 0.5) is 0 Å². The van der Waals surface area contributed by atoms with E-state index in [1.807, 2.05) is 52.8 Å². The summed E-state index contributed by atoms with van der Waals surface area (Å²) in [5, 5.41) is 45.8. The Morgan fingerprint density at radius 3 is 2.22 bits per heavy atom. The second-order valence-corrected chi connectivity index (χ2v) is 21.6. The summed E-state index contributed by atoms with van der Waals surface area (Å²) in [6.45, 7) is 15.2. The number of rotatable bonds is 11. The Balaban J connectivity index is 1.53. The van der Waals surface area contributed by atoms with Crippen molar-refractivity contribution in [1.82, 2.24) is 4.90 Å². The number of carbonyl (C=O) groups is 4. The molecule has 4 aliphatic heterocycles. The van der Waals surface area contributed by atoms with Gasteiger partial charge in [0.15, 0.2) is 5.79 Å². The molecule has 1 aliphatic carbocycles. The van der Waals surface area contributed by atoms with Crippen molar-refractivity contribution in [2.24, 2.45) is 35.5 Å². The molecule has 3 saturated heterocycles. The number of cyclic esters (lactones) is 1. The average molecular weight is 1020 g/mol. The van der Waals surface area contributed by atoms with Crippen molar-refractivity contribution in [3.63, 3.8) is 0 Å². The number of hydrogen-bond donors (Lipinski definition) is 4. The number of ether oxygens (including phenoxy) is 8. The van der Waals surface area contributed by atoms with Gasteiger partial charge in [-0.3, -0.25) is 14.4 Å². The minimum atomic E-state index is -2.47. The summed E-state index contributed by atoms with van der Waals surface area (Å²) in [5.41, 5.74) is 1.17. The van der Waals surface area contributed by atoms with Gasteiger partial charge in [0.2, 0.25) is 5.79 Å². The second-order valence-electron chi connectivity index (χ2n) is 21.6. The van der Waals surface area contributed by atoms with E-state index in [1.54, 1.807) is 41.1 Å². The summed E-state index contributed by atoms with van der Waals surface area (Å²) in [6.07, 6.45) is 6.41. The van der Waals surface area contributed by atoms with E-state index in [0.29, 0.717) is 63.5 Å². The fraction of sp³-hybridized carbons (Fsp3) is 0.818. The number of nitrogens with zero attached hydrogens (tertiary/aromatic N) is 1. The van der Waals surface area contributed by atoms with E-state index < -0.39 is 95.8 Å². The van der Waals surface area contributed by atoms with Crippen LogP contribution in [0.5, 0.6) is 0 Å². The number of fused-ring (bicyclic) bond motifs is 5. The third-order valence-electron chi connectivity index (χ3n) is 16.4. The van der Waals surface area contributed by atoms with Crippen LogP contribution in [-0.4, -0.2) is 169 Å². The predicted molar refractivity (Wildman–Crippen MR) is 267 cm³/mol. The van der Waals surface area contributed by atoms with Crippen molar-refractivity contribution in [3.05, 3.63) is 35.5 Å². The quantitative estimate of drug-likeness (QED) is 0.113. The topological polar surface area (TPSA) is 226 Å². The lowest BCUT2D eigenvalue weighted by molar-refractivity contribution is -0.335. The van der Waals surface area contributed by atoms with E-state index in [2.05, 4.69) is 0 Å². The van der Waals surface area contributed by atoms with E-state index in [4.69, 9.17) is 37.9 Å². The number of ketones is 2. The van der Waals surface area contributed by atoms with Crippen molar-refractivity contribution in [2.75, 3.05) is 47.7 Å². The van der Waals surface area contributed by atoms with Gasteiger partial charge in [-0.25, -0.2) is 4.79 Å². The van der Waals surface area contributed by atoms with Crippen molar-refractivity contribution >= 4 is 23.4 Å². The highest BCUT2D eigenvalue weighted by molar-refractivity contribution is 6.39. The number of hydrogen-bond acceptors (Lipinski definition) is 16. The molecule has 5 aliphatic rings. The highest BCUT2D eigenvalue weighted by Gasteiger charge is 2.54. The first-order valence-electron chi connectivity index (χ1n) is 26.7. The minimum Gasteiger partial charge on any atom is -0.460 e. The van der Waals surface area contributed by atoms with Gasteiger partial charge in [-0.15, -0.1) is 0 Å². The number of aliphatic hydroxyl groups is 4. The number of esters is 1. The Labute approximate surface area is 428 Å². The van der Waals surface area contributed by atoms with Crippen LogP contribution in [0.25, 0.3) is 0 Å². The number of methoxy groups -OCH3 is 3. The van der Waals surface area contributed by atoms with Gasteiger partial charge in [0.1, 0.15) is 30.1 Å². The van der Waals surface area contributed by atoms with Gasteiger partial charge in [0.25, 0.3) is 11.7 Å². The SMILES string of the molecule is CCOC1/C=C/[C@H]2O[C@](O)([C@H](C)C[C@@H]2C)[C@@H](OC)[C@H](O)/C(C)=C/C(C)C(=O)C[C@@H]([C@H](C)C[C@@H]2CC[C@@H](OCCO)[C@H](OC)C2)OC(=O)[C@@H]2CCCCN2C(=O)C(=O)[C@]2(O)O[C@@H](CC[C@H]2C)C[C@H](OC)/C(C)=C/1. The van der Waals surface area contributed by atoms with E-state index in [0.717, 1.165) is 12.0 Å². The van der Waals surface area contributed by atoms with Crippen LogP contribution in [-0.2, 0) is 57.1 Å². The maximum atomic E-state index is 14.6. The molecule has 0 aromatic carbocycles. The maximum absolute atomic E-state index is 14.6. The van der Waals surface area contributed by atoms with Crippen molar-refractivity contribution < 1.29 is 77.5 Å². The zero-order valence-electron chi connectivity index (χ0n) is 45.0. The third kappa shape index (κ3) is 14.5. The molecular weight excluding hydrogens is 931 g/mol. The van der Waals surface area contributed by atoms with Crippen LogP contribution in [0.2, 0.25) is 0 Å². The maximum Gasteiger partial charge on any atom is 0.329 e. The zero-order valence-corrected chi connectivity index (χ0v) is 45.0. The number of allylic oxidation sites excluding steroid dienone is 1. The Kier molecular flexibility index (Phi) is 22.6. The van der Waals surface area contributed by atoms with Crippen molar-refractivity contribution in [1.29, 1.82) is 0 Å². The molecule has 4 fully saturated rings. The van der Waals surface area contributed by atoms with Gasteiger partial charge in [0.05, 0.1) is 49.8 Å². The van der Waals surface area contributed by atoms with Crippen LogP contribution in [0.15, 0.2) is 35.5 Å². The first-order chi connectivity index (χ1) is 34.1. The molecule has 17 heteroatoms. The summed E-state index contributed by atoms with van der Waals surface area (Å²) >= 11 is 0. The molecule has 0 radical (unpaired) electrons. The average Bonchev–Trinajstić information content (AvgIpc) is 3.35. The predicted octanol–water partition coefficient (Wildman–Crippen LogP) is 5.56. The van der Waals surface area contributed by atoms with E-state index in [1.165, 1.54) is 12.0 Å². The normalized spacial score (nSPS) is 42.0. The highest BCUT2D eigenvalue weighted by atomic mass is 16.7. The van der Waals surface area contributed by atoms with Crippen LogP contribution >= 0.6 is 0 Å². The summed E-state index contributed by atoms with van der Waals surface area (Å²) in [7, 11) is 4.59. The molecule has 410 valence electrons. The lowest BCUT2D eigenvalue weighted by Gasteiger charge is -2.48. The van der Waals surface area contributed by atoms with Gasteiger partial charge in [0, 0.05) is 65.1 Å².